The fraction of sp³-hybridized carbons (Fsp3) is 0.667. The van der Waals surface area contributed by atoms with Crippen LogP contribution >= 0.6 is 11.8 Å². The zero-order chi connectivity index (χ0) is 20.7. The van der Waals surface area contributed by atoms with Gasteiger partial charge in [-0.2, -0.15) is 0 Å². The van der Waals surface area contributed by atoms with Gasteiger partial charge in [0.1, 0.15) is 23.2 Å². The fourth-order valence-electron chi connectivity index (χ4n) is 2.72. The summed E-state index contributed by atoms with van der Waals surface area (Å²) < 4.78 is 5.09. The van der Waals surface area contributed by atoms with E-state index in [9.17, 15) is 19.2 Å². The van der Waals surface area contributed by atoms with Crippen LogP contribution in [0, 0.1) is 5.92 Å². The van der Waals surface area contributed by atoms with E-state index in [1.165, 1.54) is 0 Å². The third kappa shape index (κ3) is 5.98. The number of carboxylic acid groups (broad SMARTS) is 1. The molecule has 0 aliphatic carbocycles. The molecule has 1 heterocycles. The van der Waals surface area contributed by atoms with Crippen molar-refractivity contribution >= 4 is 35.5 Å². The van der Waals surface area contributed by atoms with Gasteiger partial charge in [0.15, 0.2) is 0 Å². The highest BCUT2D eigenvalue weighted by molar-refractivity contribution is 8.01. The van der Waals surface area contributed by atoms with E-state index in [0.29, 0.717) is 25.0 Å². The number of carbonyl (C=O) groups is 4. The van der Waals surface area contributed by atoms with Gasteiger partial charge in [0.05, 0.1) is 12.5 Å². The minimum Gasteiger partial charge on any atom is -0.480 e. The summed E-state index contributed by atoms with van der Waals surface area (Å²) in [4.78, 5) is 49.0. The molecule has 1 fully saturated rings. The van der Waals surface area contributed by atoms with Gasteiger partial charge in [0.25, 0.3) is 0 Å². The summed E-state index contributed by atoms with van der Waals surface area (Å²) in [6, 6.07) is -0.878. The second kappa shape index (κ2) is 10.3. The van der Waals surface area contributed by atoms with E-state index in [1.54, 1.807) is 13.8 Å². The lowest BCUT2D eigenvalue weighted by Crippen LogP contribution is -2.71. The number of esters is 1. The van der Waals surface area contributed by atoms with E-state index in [1.807, 2.05) is 13.8 Å². The molecule has 0 radical (unpaired) electrons. The van der Waals surface area contributed by atoms with Crippen molar-refractivity contribution in [2.75, 3.05) is 13.2 Å². The molecule has 4 atom stereocenters. The Bertz CT molecular complexity index is 609. The fourth-order valence-corrected chi connectivity index (χ4v) is 3.98. The van der Waals surface area contributed by atoms with E-state index in [2.05, 4.69) is 11.9 Å². The zero-order valence-corrected chi connectivity index (χ0v) is 17.0. The van der Waals surface area contributed by atoms with Crippen molar-refractivity contribution in [3.63, 3.8) is 0 Å². The number of nitrogens with one attached hydrogen (secondary N) is 1. The highest BCUT2D eigenvalue weighted by Crippen LogP contribution is 2.33. The number of hydrogen-bond acceptors (Lipinski definition) is 6. The van der Waals surface area contributed by atoms with Gasteiger partial charge in [0, 0.05) is 0 Å². The number of hydrogen-bond donors (Lipinski definition) is 2. The average molecular weight is 400 g/mol. The maximum absolute atomic E-state index is 12.4. The molecule has 0 spiro atoms. The van der Waals surface area contributed by atoms with Crippen molar-refractivity contribution in [1.29, 1.82) is 0 Å². The van der Waals surface area contributed by atoms with Gasteiger partial charge < -0.3 is 20.1 Å². The van der Waals surface area contributed by atoms with Crippen molar-refractivity contribution in [1.82, 2.24) is 10.2 Å². The molecule has 2 N–H and O–H groups in total. The van der Waals surface area contributed by atoms with Crippen LogP contribution in [0.5, 0.6) is 0 Å². The molecule has 0 aromatic heterocycles. The third-order valence-electron chi connectivity index (χ3n) is 4.19. The molecule has 0 aromatic carbocycles. The first-order valence-corrected chi connectivity index (χ1v) is 9.88. The van der Waals surface area contributed by atoms with E-state index >= 15 is 0 Å². The molecule has 4 unspecified atom stereocenters. The Hall–Kier alpha value is -2.03. The lowest BCUT2D eigenvalue weighted by Gasteiger charge is -2.46. The third-order valence-corrected chi connectivity index (χ3v) is 5.59. The highest BCUT2D eigenvalue weighted by Gasteiger charge is 2.50. The molecular weight excluding hydrogens is 372 g/mol. The molecule has 152 valence electrons. The molecule has 1 aliphatic heterocycles. The first-order chi connectivity index (χ1) is 12.6. The Kier molecular flexibility index (Phi) is 8.81. The van der Waals surface area contributed by atoms with E-state index < -0.39 is 47.0 Å². The zero-order valence-electron chi connectivity index (χ0n) is 16.2. The van der Waals surface area contributed by atoms with Crippen LogP contribution in [0.3, 0.4) is 0 Å². The van der Waals surface area contributed by atoms with Crippen molar-refractivity contribution in [3.05, 3.63) is 12.2 Å². The summed E-state index contributed by atoms with van der Waals surface area (Å²) in [6.07, 6.45) is 1.23. The minimum absolute atomic E-state index is 0.295. The van der Waals surface area contributed by atoms with Crippen LogP contribution in [0.15, 0.2) is 12.2 Å². The number of amides is 2. The Morgan fingerprint density at radius 1 is 1.37 bits per heavy atom. The molecule has 0 bridgehead atoms. The predicted octanol–water partition coefficient (Wildman–Crippen LogP) is 1.40. The number of carbonyl (C=O) groups excluding carboxylic acids is 3. The lowest BCUT2D eigenvalue weighted by molar-refractivity contribution is -0.155. The first-order valence-electron chi connectivity index (χ1n) is 8.94. The largest absolute Gasteiger partial charge is 0.480 e. The smallest absolute Gasteiger partial charge is 0.323 e. The Labute approximate surface area is 163 Å². The second-order valence-corrected chi connectivity index (χ2v) is 7.95. The van der Waals surface area contributed by atoms with Gasteiger partial charge in [-0.1, -0.05) is 26.0 Å². The lowest BCUT2D eigenvalue weighted by atomic mass is 9.96. The number of likely N-dealkylation sites (tertiary alicyclic amines) is 1. The van der Waals surface area contributed by atoms with Gasteiger partial charge in [-0.3, -0.25) is 19.2 Å². The molecule has 2 amide bonds. The van der Waals surface area contributed by atoms with Gasteiger partial charge in [-0.25, -0.2) is 0 Å². The number of ether oxygens (including phenoxy) is 1. The summed E-state index contributed by atoms with van der Waals surface area (Å²) in [5.74, 6) is -2.83. The van der Waals surface area contributed by atoms with Gasteiger partial charge in [-0.15, -0.1) is 11.8 Å². The quantitative estimate of drug-likeness (QED) is 0.306. The van der Waals surface area contributed by atoms with Crippen molar-refractivity contribution in [2.45, 2.75) is 57.2 Å². The van der Waals surface area contributed by atoms with Crippen LogP contribution in [0.2, 0.25) is 0 Å². The van der Waals surface area contributed by atoms with Crippen LogP contribution in [-0.2, 0) is 23.9 Å². The maximum Gasteiger partial charge on any atom is 0.323 e. The molecule has 27 heavy (non-hydrogen) atoms. The van der Waals surface area contributed by atoms with Crippen molar-refractivity contribution < 1.29 is 29.0 Å². The summed E-state index contributed by atoms with van der Waals surface area (Å²) >= 11 is 1.11. The molecule has 1 aliphatic rings. The highest BCUT2D eigenvalue weighted by atomic mass is 32.2. The summed E-state index contributed by atoms with van der Waals surface area (Å²) in [6.45, 7) is 10.7. The van der Waals surface area contributed by atoms with Crippen molar-refractivity contribution in [2.24, 2.45) is 5.92 Å². The number of β-lactam (4-membered cyclic amide) rings is 1. The van der Waals surface area contributed by atoms with E-state index in [-0.39, 0.29) is 5.91 Å². The standard InChI is InChI=1S/C18H28N2O6S/c1-6-8-26-18(25)11(5)27-17-14(16(24)20(17)9-13(21)22)19-15(23)12(7-2)10(3)4/h11-12,14,17H,3,6-9H2,1-2,4-5H3,(H,19,23)(H,21,22). The Balaban J connectivity index is 2.86. The molecule has 1 rings (SSSR count). The Morgan fingerprint density at radius 3 is 2.48 bits per heavy atom. The average Bonchev–Trinajstić information content (AvgIpc) is 2.60. The van der Waals surface area contributed by atoms with Gasteiger partial charge >= 0.3 is 11.9 Å². The van der Waals surface area contributed by atoms with E-state index in [4.69, 9.17) is 9.84 Å². The molecular formula is C18H28N2O6S. The molecule has 8 nitrogen and oxygen atoms in total. The second-order valence-electron chi connectivity index (χ2n) is 6.49. The number of rotatable bonds is 11. The molecule has 1 saturated heterocycles. The van der Waals surface area contributed by atoms with Crippen LogP contribution in [0.1, 0.15) is 40.5 Å². The van der Waals surface area contributed by atoms with Crippen molar-refractivity contribution in [3.8, 4) is 0 Å². The van der Waals surface area contributed by atoms with Crippen LogP contribution in [0.4, 0.5) is 0 Å². The van der Waals surface area contributed by atoms with E-state index in [0.717, 1.165) is 16.7 Å². The van der Waals surface area contributed by atoms with Crippen LogP contribution in [0.25, 0.3) is 0 Å². The maximum atomic E-state index is 12.4. The molecule has 0 aromatic rings. The normalized spacial score (nSPS) is 21.0. The van der Waals surface area contributed by atoms with Crippen LogP contribution in [-0.4, -0.2) is 63.6 Å². The summed E-state index contributed by atoms with van der Waals surface area (Å²) in [5, 5.41) is 10.4. The molecule has 9 heteroatoms. The summed E-state index contributed by atoms with van der Waals surface area (Å²) in [5.41, 5.74) is 0.685. The summed E-state index contributed by atoms with van der Waals surface area (Å²) in [7, 11) is 0. The van der Waals surface area contributed by atoms with Gasteiger partial charge in [-0.05, 0) is 26.7 Å². The number of aliphatic carboxylic acids is 1. The topological polar surface area (TPSA) is 113 Å². The monoisotopic (exact) mass is 400 g/mol. The first kappa shape index (κ1) is 23.0. The minimum atomic E-state index is -1.16. The Morgan fingerprint density at radius 2 is 2.00 bits per heavy atom. The predicted molar refractivity (Wildman–Crippen MR) is 102 cm³/mol. The van der Waals surface area contributed by atoms with Gasteiger partial charge in [0.2, 0.25) is 11.8 Å². The van der Waals surface area contributed by atoms with Crippen LogP contribution < -0.4 is 5.32 Å². The number of carboxylic acids is 1. The SMILES string of the molecule is C=C(C)C(CC)C(=O)NC1C(=O)N(CC(=O)O)C1SC(C)C(=O)OCCC. The number of nitrogens with zero attached hydrogens (tertiary/aromatic N) is 1. The molecule has 0 saturated carbocycles. The number of thioether (sulfide) groups is 1.